The van der Waals surface area contributed by atoms with Crippen molar-refractivity contribution in [3.05, 3.63) is 24.3 Å². The largest absolute Gasteiger partial charge is 0.481 e. The Kier molecular flexibility index (Phi) is 5.83. The van der Waals surface area contributed by atoms with Gasteiger partial charge in [0.25, 0.3) is 0 Å². The van der Waals surface area contributed by atoms with Crippen LogP contribution in [0.1, 0.15) is 19.8 Å². The topological polar surface area (TPSA) is 81.7 Å². The molecule has 0 aliphatic carbocycles. The van der Waals surface area contributed by atoms with Crippen LogP contribution in [0.5, 0.6) is 0 Å². The molecular formula is C14H21N3O3. The van der Waals surface area contributed by atoms with Crippen LogP contribution >= 0.6 is 0 Å². The SMILES string of the molecule is CC(CCC(=O)O)NC(=O)Nc1ccccc1N(C)C. The van der Waals surface area contributed by atoms with E-state index in [0.29, 0.717) is 12.1 Å². The number of hydrogen-bond donors (Lipinski definition) is 3. The first-order valence-electron chi connectivity index (χ1n) is 6.46. The van der Waals surface area contributed by atoms with Crippen LogP contribution in [0.25, 0.3) is 0 Å². The Labute approximate surface area is 118 Å². The quantitative estimate of drug-likeness (QED) is 0.745. The van der Waals surface area contributed by atoms with Gasteiger partial charge in [-0.3, -0.25) is 4.79 Å². The molecule has 1 aromatic carbocycles. The van der Waals surface area contributed by atoms with E-state index in [1.165, 1.54) is 0 Å². The fourth-order valence-electron chi connectivity index (χ4n) is 1.76. The van der Waals surface area contributed by atoms with Crippen LogP contribution in [-0.4, -0.2) is 37.2 Å². The standard InChI is InChI=1S/C14H21N3O3/c1-10(8-9-13(18)19)15-14(20)16-11-6-4-5-7-12(11)17(2)3/h4-7,10H,8-9H2,1-3H3,(H,18,19)(H2,15,16,20). The van der Waals surface area contributed by atoms with E-state index in [9.17, 15) is 9.59 Å². The lowest BCUT2D eigenvalue weighted by Gasteiger charge is -2.19. The maximum atomic E-state index is 11.9. The van der Waals surface area contributed by atoms with Crippen molar-refractivity contribution in [3.63, 3.8) is 0 Å². The van der Waals surface area contributed by atoms with Crippen molar-refractivity contribution in [2.45, 2.75) is 25.8 Å². The summed E-state index contributed by atoms with van der Waals surface area (Å²) in [5.41, 5.74) is 1.61. The minimum Gasteiger partial charge on any atom is -0.481 e. The van der Waals surface area contributed by atoms with Gasteiger partial charge >= 0.3 is 12.0 Å². The van der Waals surface area contributed by atoms with Crippen molar-refractivity contribution in [1.82, 2.24) is 5.32 Å². The van der Waals surface area contributed by atoms with E-state index in [4.69, 9.17) is 5.11 Å². The molecule has 0 spiro atoms. The molecule has 0 saturated heterocycles. The summed E-state index contributed by atoms with van der Waals surface area (Å²) in [6.07, 6.45) is 0.438. The summed E-state index contributed by atoms with van der Waals surface area (Å²) >= 11 is 0. The molecule has 0 fully saturated rings. The molecule has 0 radical (unpaired) electrons. The number of aliphatic carboxylic acids is 1. The number of nitrogens with zero attached hydrogens (tertiary/aromatic N) is 1. The van der Waals surface area contributed by atoms with Gasteiger partial charge in [0.15, 0.2) is 0 Å². The third-order valence-electron chi connectivity index (χ3n) is 2.80. The van der Waals surface area contributed by atoms with Crippen LogP contribution < -0.4 is 15.5 Å². The molecule has 1 aromatic rings. The highest BCUT2D eigenvalue weighted by Gasteiger charge is 2.11. The summed E-state index contributed by atoms with van der Waals surface area (Å²) in [6.45, 7) is 1.78. The highest BCUT2D eigenvalue weighted by atomic mass is 16.4. The molecule has 3 N–H and O–H groups in total. The van der Waals surface area contributed by atoms with E-state index >= 15 is 0 Å². The number of hydrogen-bond acceptors (Lipinski definition) is 3. The first-order chi connectivity index (χ1) is 9.40. The van der Waals surface area contributed by atoms with Crippen LogP contribution in [0.2, 0.25) is 0 Å². The normalized spacial score (nSPS) is 11.6. The van der Waals surface area contributed by atoms with Gasteiger partial charge in [-0.05, 0) is 25.5 Å². The number of anilines is 2. The van der Waals surface area contributed by atoms with Crippen LogP contribution in [0.15, 0.2) is 24.3 Å². The Hall–Kier alpha value is -2.24. The fraction of sp³-hybridized carbons (Fsp3) is 0.429. The molecule has 110 valence electrons. The van der Waals surface area contributed by atoms with Crippen molar-refractivity contribution in [3.8, 4) is 0 Å². The number of carboxylic acid groups (broad SMARTS) is 1. The molecule has 6 nitrogen and oxygen atoms in total. The van der Waals surface area contributed by atoms with E-state index in [1.807, 2.05) is 43.3 Å². The van der Waals surface area contributed by atoms with Crippen molar-refractivity contribution in [2.24, 2.45) is 0 Å². The van der Waals surface area contributed by atoms with Gasteiger partial charge in [0.2, 0.25) is 0 Å². The van der Waals surface area contributed by atoms with Gasteiger partial charge in [0.1, 0.15) is 0 Å². The molecule has 6 heteroatoms. The first-order valence-corrected chi connectivity index (χ1v) is 6.46. The molecule has 0 bridgehead atoms. The second-order valence-corrected chi connectivity index (χ2v) is 4.84. The summed E-state index contributed by atoms with van der Waals surface area (Å²) in [7, 11) is 3.79. The molecule has 1 rings (SSSR count). The number of benzene rings is 1. The summed E-state index contributed by atoms with van der Waals surface area (Å²) in [4.78, 5) is 24.2. The molecule has 0 aromatic heterocycles. The molecule has 0 aliphatic heterocycles. The molecule has 0 saturated carbocycles. The maximum absolute atomic E-state index is 11.9. The van der Waals surface area contributed by atoms with Crippen molar-refractivity contribution in [2.75, 3.05) is 24.3 Å². The van der Waals surface area contributed by atoms with Gasteiger partial charge < -0.3 is 20.6 Å². The van der Waals surface area contributed by atoms with E-state index < -0.39 is 5.97 Å². The zero-order valence-electron chi connectivity index (χ0n) is 12.0. The molecule has 1 atom stereocenters. The van der Waals surface area contributed by atoms with Gasteiger partial charge in [0, 0.05) is 26.6 Å². The van der Waals surface area contributed by atoms with Crippen LogP contribution in [0, 0.1) is 0 Å². The molecule has 0 heterocycles. The van der Waals surface area contributed by atoms with E-state index in [0.717, 1.165) is 5.69 Å². The zero-order chi connectivity index (χ0) is 15.1. The Morgan fingerprint density at radius 1 is 1.30 bits per heavy atom. The van der Waals surface area contributed by atoms with Gasteiger partial charge in [-0.2, -0.15) is 0 Å². The highest BCUT2D eigenvalue weighted by molar-refractivity contribution is 5.93. The number of carboxylic acids is 1. The number of para-hydroxylation sites is 2. The summed E-state index contributed by atoms with van der Waals surface area (Å²) < 4.78 is 0. The minimum absolute atomic E-state index is 0.0374. The lowest BCUT2D eigenvalue weighted by Crippen LogP contribution is -2.36. The van der Waals surface area contributed by atoms with E-state index in [1.54, 1.807) is 6.92 Å². The van der Waals surface area contributed by atoms with Gasteiger partial charge in [-0.15, -0.1) is 0 Å². The predicted octanol–water partition coefficient (Wildman–Crippen LogP) is 2.13. The lowest BCUT2D eigenvalue weighted by molar-refractivity contribution is -0.137. The third-order valence-corrected chi connectivity index (χ3v) is 2.80. The number of carbonyl (C=O) groups excluding carboxylic acids is 1. The Balaban J connectivity index is 2.56. The summed E-state index contributed by atoms with van der Waals surface area (Å²) in [5, 5.41) is 14.1. The minimum atomic E-state index is -0.864. The van der Waals surface area contributed by atoms with E-state index in [-0.39, 0.29) is 18.5 Å². The van der Waals surface area contributed by atoms with Gasteiger partial charge in [-0.25, -0.2) is 4.79 Å². The van der Waals surface area contributed by atoms with Gasteiger partial charge in [-0.1, -0.05) is 12.1 Å². The maximum Gasteiger partial charge on any atom is 0.319 e. The molecule has 1 unspecified atom stereocenters. The van der Waals surface area contributed by atoms with Gasteiger partial charge in [0.05, 0.1) is 11.4 Å². The zero-order valence-corrected chi connectivity index (χ0v) is 12.0. The number of rotatable bonds is 6. The first kappa shape index (κ1) is 15.8. The van der Waals surface area contributed by atoms with Crippen molar-refractivity contribution >= 4 is 23.4 Å². The average molecular weight is 279 g/mol. The fourth-order valence-corrected chi connectivity index (χ4v) is 1.76. The second kappa shape index (κ2) is 7.37. The molecule has 2 amide bonds. The Bertz CT molecular complexity index is 474. The summed E-state index contributed by atoms with van der Waals surface area (Å²) in [5.74, 6) is -0.864. The van der Waals surface area contributed by atoms with E-state index in [2.05, 4.69) is 10.6 Å². The third kappa shape index (κ3) is 5.17. The molecule has 0 aliphatic rings. The van der Waals surface area contributed by atoms with Crippen LogP contribution in [-0.2, 0) is 4.79 Å². The van der Waals surface area contributed by atoms with Crippen LogP contribution in [0.4, 0.5) is 16.2 Å². The molecular weight excluding hydrogens is 258 g/mol. The predicted molar refractivity (Wildman–Crippen MR) is 79.3 cm³/mol. The average Bonchev–Trinajstić information content (AvgIpc) is 2.36. The second-order valence-electron chi connectivity index (χ2n) is 4.84. The smallest absolute Gasteiger partial charge is 0.319 e. The monoisotopic (exact) mass is 279 g/mol. The Morgan fingerprint density at radius 3 is 2.55 bits per heavy atom. The number of amides is 2. The van der Waals surface area contributed by atoms with Crippen LogP contribution in [0.3, 0.4) is 0 Å². The Morgan fingerprint density at radius 2 is 1.95 bits per heavy atom. The van der Waals surface area contributed by atoms with Crippen molar-refractivity contribution in [1.29, 1.82) is 0 Å². The molecule has 20 heavy (non-hydrogen) atoms. The summed E-state index contributed by atoms with van der Waals surface area (Å²) in [6, 6.07) is 6.93. The lowest BCUT2D eigenvalue weighted by atomic mass is 10.2. The number of carbonyl (C=O) groups is 2. The van der Waals surface area contributed by atoms with Crippen molar-refractivity contribution < 1.29 is 14.7 Å². The number of urea groups is 1. The highest BCUT2D eigenvalue weighted by Crippen LogP contribution is 2.23. The number of nitrogens with one attached hydrogen (secondary N) is 2.